The Labute approximate surface area is 219 Å². The van der Waals surface area contributed by atoms with E-state index >= 15 is 0 Å². The zero-order valence-corrected chi connectivity index (χ0v) is 20.6. The number of rotatable bonds is 3. The Kier molecular flexibility index (Phi) is 4.52. The molecule has 0 bridgehead atoms. The van der Waals surface area contributed by atoms with Crippen LogP contribution >= 0.6 is 0 Å². The second-order valence-corrected chi connectivity index (χ2v) is 9.75. The lowest BCUT2D eigenvalue weighted by molar-refractivity contribution is 1.13. The Morgan fingerprint density at radius 3 is 2.13 bits per heavy atom. The first-order chi connectivity index (χ1) is 18.8. The van der Waals surface area contributed by atoms with Gasteiger partial charge in [0.15, 0.2) is 0 Å². The number of aromatic nitrogens is 3. The van der Waals surface area contributed by atoms with Crippen LogP contribution in [0.3, 0.4) is 0 Å². The van der Waals surface area contributed by atoms with E-state index in [2.05, 4.69) is 142 Å². The molecule has 0 atom stereocenters. The van der Waals surface area contributed by atoms with Crippen molar-refractivity contribution in [1.29, 1.82) is 0 Å². The summed E-state index contributed by atoms with van der Waals surface area (Å²) >= 11 is 0. The van der Waals surface area contributed by atoms with Gasteiger partial charge in [0.25, 0.3) is 0 Å². The fourth-order valence-electron chi connectivity index (χ4n) is 5.87. The molecule has 5 aromatic carbocycles. The molecular formula is C35H23N3. The van der Waals surface area contributed by atoms with Crippen LogP contribution in [-0.4, -0.2) is 14.1 Å². The highest BCUT2D eigenvalue weighted by Crippen LogP contribution is 2.38. The zero-order chi connectivity index (χ0) is 25.1. The van der Waals surface area contributed by atoms with Crippen molar-refractivity contribution in [2.24, 2.45) is 0 Å². The number of para-hydroxylation sites is 2. The first-order valence-corrected chi connectivity index (χ1v) is 12.9. The van der Waals surface area contributed by atoms with Gasteiger partial charge in [-0.1, -0.05) is 54.6 Å². The normalized spacial score (nSPS) is 11.7. The average molecular weight is 486 g/mol. The van der Waals surface area contributed by atoms with E-state index in [0.717, 1.165) is 11.3 Å². The summed E-state index contributed by atoms with van der Waals surface area (Å²) in [6, 6.07) is 43.6. The summed E-state index contributed by atoms with van der Waals surface area (Å²) in [5.74, 6) is 0. The van der Waals surface area contributed by atoms with Crippen LogP contribution in [0.4, 0.5) is 0 Å². The van der Waals surface area contributed by atoms with Gasteiger partial charge in [-0.2, -0.15) is 0 Å². The number of benzene rings is 5. The summed E-state index contributed by atoms with van der Waals surface area (Å²) in [5.41, 5.74) is 8.30. The van der Waals surface area contributed by atoms with Gasteiger partial charge in [-0.05, 0) is 88.6 Å². The van der Waals surface area contributed by atoms with Gasteiger partial charge in [0.05, 0.1) is 16.6 Å². The van der Waals surface area contributed by atoms with Gasteiger partial charge < -0.3 is 9.13 Å². The maximum absolute atomic E-state index is 4.19. The maximum Gasteiger partial charge on any atom is 0.0547 e. The topological polar surface area (TPSA) is 22.8 Å². The van der Waals surface area contributed by atoms with Crippen molar-refractivity contribution in [3.8, 4) is 22.5 Å². The van der Waals surface area contributed by atoms with E-state index in [1.165, 1.54) is 54.7 Å². The van der Waals surface area contributed by atoms with Crippen molar-refractivity contribution >= 4 is 43.5 Å². The number of pyridine rings is 1. The van der Waals surface area contributed by atoms with Crippen molar-refractivity contribution in [3.63, 3.8) is 0 Å². The van der Waals surface area contributed by atoms with E-state index in [4.69, 9.17) is 0 Å². The van der Waals surface area contributed by atoms with E-state index < -0.39 is 0 Å². The van der Waals surface area contributed by atoms with Crippen LogP contribution in [0.5, 0.6) is 0 Å². The number of hydrogen-bond donors (Lipinski definition) is 0. The summed E-state index contributed by atoms with van der Waals surface area (Å²) in [7, 11) is 0. The summed E-state index contributed by atoms with van der Waals surface area (Å²) < 4.78 is 4.68. The minimum Gasteiger partial charge on any atom is -0.317 e. The third-order valence-corrected chi connectivity index (χ3v) is 7.63. The fraction of sp³-hybridized carbons (Fsp3) is 0. The van der Waals surface area contributed by atoms with Crippen molar-refractivity contribution in [2.75, 3.05) is 0 Å². The molecule has 3 aromatic heterocycles. The molecule has 0 aliphatic rings. The Balaban J connectivity index is 1.43. The van der Waals surface area contributed by atoms with Crippen molar-refractivity contribution < 1.29 is 0 Å². The van der Waals surface area contributed by atoms with Gasteiger partial charge in [-0.3, -0.25) is 4.98 Å². The van der Waals surface area contributed by atoms with Crippen LogP contribution in [0.25, 0.3) is 66.0 Å². The summed E-state index contributed by atoms with van der Waals surface area (Å²) in [6.07, 6.45) is 5.88. The van der Waals surface area contributed by atoms with Crippen LogP contribution in [0, 0.1) is 0 Å². The third-order valence-electron chi connectivity index (χ3n) is 7.63. The van der Waals surface area contributed by atoms with E-state index in [1.807, 2.05) is 12.4 Å². The molecule has 0 saturated heterocycles. The van der Waals surface area contributed by atoms with Gasteiger partial charge in [0.2, 0.25) is 0 Å². The molecule has 0 saturated carbocycles. The maximum atomic E-state index is 4.19. The SMILES string of the molecule is c1ccc(-n2ccc3c4cc5c(cc4ccc32)c2ccccc2n5-c2cccc(-c3ccncc3)c2)cc1. The molecule has 3 heterocycles. The zero-order valence-electron chi connectivity index (χ0n) is 20.6. The average Bonchev–Trinajstić information content (AvgIpc) is 3.56. The van der Waals surface area contributed by atoms with Crippen molar-refractivity contribution in [2.45, 2.75) is 0 Å². The lowest BCUT2D eigenvalue weighted by Gasteiger charge is -2.11. The standard InChI is InChI=1S/C35H23N3/c1-2-8-27(9-3-1)37-20-17-30-31-23-35-32(22-26(31)13-14-33(30)37)29-11-4-5-12-34(29)38(35)28-10-6-7-25(21-28)24-15-18-36-19-16-24/h1-23H. The van der Waals surface area contributed by atoms with Gasteiger partial charge in [0, 0.05) is 46.1 Å². The molecular weight excluding hydrogens is 462 g/mol. The molecule has 178 valence electrons. The monoisotopic (exact) mass is 485 g/mol. The minimum atomic E-state index is 1.15. The number of nitrogens with zero attached hydrogens (tertiary/aromatic N) is 3. The highest BCUT2D eigenvalue weighted by atomic mass is 15.0. The smallest absolute Gasteiger partial charge is 0.0547 e. The summed E-state index contributed by atoms with van der Waals surface area (Å²) in [5, 5.41) is 6.31. The molecule has 0 N–H and O–H groups in total. The molecule has 0 unspecified atom stereocenters. The Morgan fingerprint density at radius 2 is 1.24 bits per heavy atom. The lowest BCUT2D eigenvalue weighted by atomic mass is 10.0. The molecule has 0 spiro atoms. The third kappa shape index (κ3) is 3.12. The van der Waals surface area contributed by atoms with Crippen LogP contribution in [0.1, 0.15) is 0 Å². The first-order valence-electron chi connectivity index (χ1n) is 12.9. The molecule has 3 heteroatoms. The molecule has 8 aromatic rings. The van der Waals surface area contributed by atoms with Crippen LogP contribution in [0.15, 0.2) is 140 Å². The highest BCUT2D eigenvalue weighted by Gasteiger charge is 2.15. The van der Waals surface area contributed by atoms with Crippen LogP contribution in [0.2, 0.25) is 0 Å². The largest absolute Gasteiger partial charge is 0.317 e. The number of fused-ring (bicyclic) bond motifs is 6. The Hall–Kier alpha value is -5.15. The molecule has 0 fully saturated rings. The second kappa shape index (κ2) is 8.19. The Morgan fingerprint density at radius 1 is 0.447 bits per heavy atom. The second-order valence-electron chi connectivity index (χ2n) is 9.75. The molecule has 0 aliphatic carbocycles. The Bertz CT molecular complexity index is 2120. The molecule has 8 rings (SSSR count). The van der Waals surface area contributed by atoms with E-state index in [-0.39, 0.29) is 0 Å². The van der Waals surface area contributed by atoms with E-state index in [0.29, 0.717) is 0 Å². The van der Waals surface area contributed by atoms with Crippen LogP contribution < -0.4 is 0 Å². The first kappa shape index (κ1) is 21.0. The van der Waals surface area contributed by atoms with Gasteiger partial charge in [0.1, 0.15) is 0 Å². The number of hydrogen-bond acceptors (Lipinski definition) is 1. The molecule has 0 radical (unpaired) electrons. The molecule has 38 heavy (non-hydrogen) atoms. The fourth-order valence-corrected chi connectivity index (χ4v) is 5.87. The summed E-state index contributed by atoms with van der Waals surface area (Å²) in [4.78, 5) is 4.19. The van der Waals surface area contributed by atoms with Gasteiger partial charge >= 0.3 is 0 Å². The van der Waals surface area contributed by atoms with E-state index in [9.17, 15) is 0 Å². The quantitative estimate of drug-likeness (QED) is 0.245. The van der Waals surface area contributed by atoms with Gasteiger partial charge in [-0.15, -0.1) is 0 Å². The molecule has 3 nitrogen and oxygen atoms in total. The summed E-state index contributed by atoms with van der Waals surface area (Å²) in [6.45, 7) is 0. The van der Waals surface area contributed by atoms with Crippen molar-refractivity contribution in [3.05, 3.63) is 140 Å². The van der Waals surface area contributed by atoms with Crippen molar-refractivity contribution in [1.82, 2.24) is 14.1 Å². The van der Waals surface area contributed by atoms with E-state index in [1.54, 1.807) is 0 Å². The molecule has 0 amide bonds. The molecule has 0 aliphatic heterocycles. The van der Waals surface area contributed by atoms with Crippen LogP contribution in [-0.2, 0) is 0 Å². The lowest BCUT2D eigenvalue weighted by Crippen LogP contribution is -1.94. The highest BCUT2D eigenvalue weighted by molar-refractivity contribution is 6.18. The van der Waals surface area contributed by atoms with Gasteiger partial charge in [-0.25, -0.2) is 0 Å². The predicted molar refractivity (Wildman–Crippen MR) is 158 cm³/mol. The predicted octanol–water partition coefficient (Wildman–Crippen LogP) is 8.94. The minimum absolute atomic E-state index is 1.15.